The number of carbonyl (C=O) groups excluding carboxylic acids is 1. The summed E-state index contributed by atoms with van der Waals surface area (Å²) in [5, 5.41) is 8.13. The molecule has 1 heterocycles. The molecule has 0 aliphatic carbocycles. The standard InChI is InChI=1S/C7H4N3O/c8-3-1-7(11)6-2-4-9-5-10-6/h1-2,4-5H/q-1. The van der Waals surface area contributed by atoms with Crippen molar-refractivity contribution in [2.45, 2.75) is 0 Å². The second kappa shape index (κ2) is 3.39. The SMILES string of the molecule is [N-]=C=CC(=O)c1ccncn1. The number of nitrogens with zero attached hydrogens (tertiary/aromatic N) is 3. The molecular formula is C7H4N3O-. The Balaban J connectivity index is 2.94. The van der Waals surface area contributed by atoms with Gasteiger partial charge in [-0.25, -0.2) is 9.97 Å². The van der Waals surface area contributed by atoms with Crippen LogP contribution in [0.3, 0.4) is 0 Å². The Kier molecular flexibility index (Phi) is 2.25. The van der Waals surface area contributed by atoms with E-state index in [4.69, 9.17) is 5.41 Å². The fourth-order valence-corrected chi connectivity index (χ4v) is 0.569. The zero-order valence-electron chi connectivity index (χ0n) is 5.56. The number of hydrogen-bond donors (Lipinski definition) is 0. The van der Waals surface area contributed by atoms with Crippen LogP contribution >= 0.6 is 0 Å². The monoisotopic (exact) mass is 146 g/mol. The second-order valence-electron chi connectivity index (χ2n) is 1.73. The zero-order chi connectivity index (χ0) is 8.10. The van der Waals surface area contributed by atoms with Gasteiger partial charge in [-0.3, -0.25) is 10.7 Å². The molecule has 4 heteroatoms. The molecule has 11 heavy (non-hydrogen) atoms. The third kappa shape index (κ3) is 1.81. The predicted octanol–water partition coefficient (Wildman–Crippen LogP) is 0.455. The molecule has 0 bridgehead atoms. The lowest BCUT2D eigenvalue weighted by Gasteiger charge is -1.90. The molecule has 0 saturated heterocycles. The lowest BCUT2D eigenvalue weighted by Crippen LogP contribution is -1.97. The molecule has 0 unspecified atom stereocenters. The summed E-state index contributed by atoms with van der Waals surface area (Å²) < 4.78 is 0. The van der Waals surface area contributed by atoms with Crippen molar-refractivity contribution in [2.24, 2.45) is 0 Å². The van der Waals surface area contributed by atoms with Crippen LogP contribution in [0.5, 0.6) is 0 Å². The van der Waals surface area contributed by atoms with Gasteiger partial charge in [-0.2, -0.15) is 0 Å². The van der Waals surface area contributed by atoms with Gasteiger partial charge in [0.25, 0.3) is 0 Å². The summed E-state index contributed by atoms with van der Waals surface area (Å²) in [5.74, 6) is 1.24. The maximum atomic E-state index is 10.9. The highest BCUT2D eigenvalue weighted by Gasteiger charge is 1.99. The van der Waals surface area contributed by atoms with Crippen LogP contribution in [0.2, 0.25) is 0 Å². The zero-order valence-corrected chi connectivity index (χ0v) is 5.56. The molecule has 1 aromatic heterocycles. The van der Waals surface area contributed by atoms with Gasteiger partial charge < -0.3 is 5.41 Å². The number of hydrogen-bond acceptors (Lipinski definition) is 3. The molecule has 0 aliphatic rings. The van der Waals surface area contributed by atoms with E-state index in [1.807, 2.05) is 0 Å². The number of ketones is 1. The van der Waals surface area contributed by atoms with E-state index in [-0.39, 0.29) is 5.69 Å². The van der Waals surface area contributed by atoms with Crippen LogP contribution in [0.15, 0.2) is 24.7 Å². The molecule has 0 aromatic carbocycles. The van der Waals surface area contributed by atoms with Gasteiger partial charge in [0.1, 0.15) is 12.0 Å². The van der Waals surface area contributed by atoms with Crippen LogP contribution in [0.4, 0.5) is 0 Å². The summed E-state index contributed by atoms with van der Waals surface area (Å²) in [6.07, 6.45) is 3.62. The summed E-state index contributed by atoms with van der Waals surface area (Å²) in [6, 6.07) is 1.45. The number of rotatable bonds is 2. The summed E-state index contributed by atoms with van der Waals surface area (Å²) in [6.45, 7) is 0. The van der Waals surface area contributed by atoms with Crippen LogP contribution in [-0.2, 0) is 0 Å². The Morgan fingerprint density at radius 3 is 3.09 bits per heavy atom. The molecule has 0 saturated carbocycles. The molecule has 1 aromatic rings. The van der Waals surface area contributed by atoms with Crippen molar-refractivity contribution >= 4 is 11.7 Å². The van der Waals surface area contributed by atoms with Crippen LogP contribution in [0, 0.1) is 0 Å². The third-order valence-electron chi connectivity index (χ3n) is 1.03. The largest absolute Gasteiger partial charge is 0.763 e. The normalized spacial score (nSPS) is 8.36. The van der Waals surface area contributed by atoms with Gasteiger partial charge in [-0.1, -0.05) is 0 Å². The highest BCUT2D eigenvalue weighted by Crippen LogP contribution is 1.92. The third-order valence-corrected chi connectivity index (χ3v) is 1.03. The van der Waals surface area contributed by atoms with Gasteiger partial charge >= 0.3 is 0 Å². The van der Waals surface area contributed by atoms with Crippen molar-refractivity contribution in [1.29, 1.82) is 0 Å². The van der Waals surface area contributed by atoms with Crippen molar-refractivity contribution in [1.82, 2.24) is 9.97 Å². The van der Waals surface area contributed by atoms with E-state index < -0.39 is 5.78 Å². The fraction of sp³-hybridized carbons (Fsp3) is 0. The summed E-state index contributed by atoms with van der Waals surface area (Å²) in [7, 11) is 0. The van der Waals surface area contributed by atoms with Gasteiger partial charge in [-0.15, -0.1) is 0 Å². The first kappa shape index (κ1) is 7.31. The maximum Gasteiger partial charge on any atom is 0.210 e. The van der Waals surface area contributed by atoms with Crippen molar-refractivity contribution in [3.8, 4) is 0 Å². The van der Waals surface area contributed by atoms with Gasteiger partial charge in [0, 0.05) is 12.3 Å². The first-order valence-electron chi connectivity index (χ1n) is 2.88. The van der Waals surface area contributed by atoms with Gasteiger partial charge in [-0.05, 0) is 6.07 Å². The molecule has 0 radical (unpaired) electrons. The number of aromatic nitrogens is 2. The maximum absolute atomic E-state index is 10.9. The molecule has 1 rings (SSSR count). The molecule has 0 aliphatic heterocycles. The summed E-state index contributed by atoms with van der Waals surface area (Å²) in [4.78, 5) is 18.2. The van der Waals surface area contributed by atoms with E-state index >= 15 is 0 Å². The van der Waals surface area contributed by atoms with E-state index in [1.165, 1.54) is 18.6 Å². The lowest BCUT2D eigenvalue weighted by atomic mass is 10.3. The number of allylic oxidation sites excluding steroid dienone is 1. The first-order chi connectivity index (χ1) is 5.34. The smallest absolute Gasteiger partial charge is 0.210 e. The molecule has 0 spiro atoms. The Labute approximate surface area is 63.1 Å². The van der Waals surface area contributed by atoms with Crippen molar-refractivity contribution in [3.05, 3.63) is 35.8 Å². The van der Waals surface area contributed by atoms with Crippen molar-refractivity contribution in [2.75, 3.05) is 0 Å². The molecular weight excluding hydrogens is 142 g/mol. The number of carbonyl (C=O) groups is 1. The molecule has 54 valence electrons. The minimum atomic E-state index is -0.394. The Hall–Kier alpha value is -1.80. The first-order valence-corrected chi connectivity index (χ1v) is 2.88. The van der Waals surface area contributed by atoms with E-state index in [2.05, 4.69) is 9.97 Å². The molecule has 0 atom stereocenters. The second-order valence-corrected chi connectivity index (χ2v) is 1.73. The quantitative estimate of drug-likeness (QED) is 0.345. The van der Waals surface area contributed by atoms with Gasteiger partial charge in [0.05, 0.1) is 0 Å². The highest BCUT2D eigenvalue weighted by molar-refractivity contribution is 6.07. The highest BCUT2D eigenvalue weighted by atomic mass is 16.1. The van der Waals surface area contributed by atoms with Crippen molar-refractivity contribution in [3.63, 3.8) is 0 Å². The van der Waals surface area contributed by atoms with Gasteiger partial charge in [0.2, 0.25) is 5.78 Å². The lowest BCUT2D eigenvalue weighted by molar-refractivity contribution is 0.104. The average Bonchev–Trinajstić information content (AvgIpc) is 2.07. The fourth-order valence-electron chi connectivity index (χ4n) is 0.569. The minimum absolute atomic E-state index is 0.238. The molecule has 0 amide bonds. The van der Waals surface area contributed by atoms with Crippen LogP contribution in [0.25, 0.3) is 5.41 Å². The minimum Gasteiger partial charge on any atom is -0.763 e. The summed E-state index contributed by atoms with van der Waals surface area (Å²) >= 11 is 0. The van der Waals surface area contributed by atoms with Crippen molar-refractivity contribution < 1.29 is 4.79 Å². The molecule has 0 fully saturated rings. The topological polar surface area (TPSA) is 65.2 Å². The van der Waals surface area contributed by atoms with E-state index in [1.54, 1.807) is 5.87 Å². The van der Waals surface area contributed by atoms with Crippen LogP contribution < -0.4 is 0 Å². The van der Waals surface area contributed by atoms with E-state index in [0.717, 1.165) is 6.08 Å². The Morgan fingerprint density at radius 1 is 1.73 bits per heavy atom. The van der Waals surface area contributed by atoms with Gasteiger partial charge in [0.15, 0.2) is 0 Å². The summed E-state index contributed by atoms with van der Waals surface area (Å²) in [5.41, 5.74) is 0.238. The molecule has 0 N–H and O–H groups in total. The average molecular weight is 146 g/mol. The van der Waals surface area contributed by atoms with Crippen LogP contribution in [0.1, 0.15) is 10.5 Å². The van der Waals surface area contributed by atoms with E-state index in [9.17, 15) is 4.79 Å². The predicted molar refractivity (Wildman–Crippen MR) is 39.3 cm³/mol. The van der Waals surface area contributed by atoms with E-state index in [0.29, 0.717) is 0 Å². The Bertz CT molecular complexity index is 301. The molecule has 4 nitrogen and oxygen atoms in total. The Morgan fingerprint density at radius 2 is 2.55 bits per heavy atom. The van der Waals surface area contributed by atoms with Crippen LogP contribution in [-0.4, -0.2) is 21.6 Å².